The van der Waals surface area contributed by atoms with Crippen molar-refractivity contribution in [3.05, 3.63) is 124 Å². The average molecular weight is 2760 g/mol. The normalized spacial score (nSPS) is 27.0. The highest BCUT2D eigenvalue weighted by Crippen LogP contribution is 2.62. The second kappa shape index (κ2) is 43.1. The summed E-state index contributed by atoms with van der Waals surface area (Å²) in [7, 11) is -21.3. The van der Waals surface area contributed by atoms with Gasteiger partial charge >= 0.3 is 84.4 Å². The average Bonchev–Trinajstić information content (AvgIpc) is 1.55. The molecule has 2 heterocycles. The van der Waals surface area contributed by atoms with Gasteiger partial charge in [-0.05, 0) is 240 Å². The molecule has 0 spiro atoms. The molecule has 2 aliphatic heterocycles. The number of benzene rings is 4. The van der Waals surface area contributed by atoms with Crippen LogP contribution in [-0.2, 0) is 117 Å². The molecule has 0 radical (unpaired) electrons. The van der Waals surface area contributed by atoms with E-state index in [1.807, 2.05) is 0 Å². The Balaban J connectivity index is 0.000000184. The molecule has 0 N–H and O–H groups in total. The van der Waals surface area contributed by atoms with Gasteiger partial charge < -0.3 is 65.6 Å². The van der Waals surface area contributed by atoms with Crippen molar-refractivity contribution in [1.82, 2.24) is 0 Å². The van der Waals surface area contributed by atoms with Crippen LogP contribution < -0.4 is 0 Å². The molecule has 9 aliphatic rings. The van der Waals surface area contributed by atoms with Crippen molar-refractivity contribution in [2.24, 2.45) is 71.0 Å². The van der Waals surface area contributed by atoms with E-state index >= 15 is 0 Å². The number of hydrogen-bond acceptors (Lipinski definition) is 32. The van der Waals surface area contributed by atoms with Crippen LogP contribution in [0.25, 0.3) is 0 Å². The summed E-state index contributed by atoms with van der Waals surface area (Å²) in [5.41, 5.74) is 0.586. The lowest BCUT2D eigenvalue weighted by Crippen LogP contribution is -2.47. The monoisotopic (exact) mass is 2750 g/mol. The van der Waals surface area contributed by atoms with Crippen LogP contribution in [0.15, 0.2) is 102 Å². The van der Waals surface area contributed by atoms with Gasteiger partial charge in [-0.3, -0.25) is 28.8 Å². The Morgan fingerprint density at radius 3 is 1.05 bits per heavy atom. The first kappa shape index (κ1) is 111. The van der Waals surface area contributed by atoms with Gasteiger partial charge in [-0.2, -0.15) is 52.7 Å². The first-order valence-corrected chi connectivity index (χ1v) is 53.5. The maximum absolute atomic E-state index is 13.2. The Bertz CT molecular complexity index is 5670. The zero-order chi connectivity index (χ0) is 99.6. The molecule has 9 fully saturated rings. The highest BCUT2D eigenvalue weighted by molar-refractivity contribution is 9.13. The Labute approximate surface area is 844 Å². The van der Waals surface area contributed by atoms with E-state index in [0.717, 1.165) is 0 Å². The quantitative estimate of drug-likeness (QED) is 0.0272. The lowest BCUT2D eigenvalue weighted by Gasteiger charge is -2.31. The van der Waals surface area contributed by atoms with Crippen LogP contribution in [0.3, 0.4) is 0 Å². The summed E-state index contributed by atoms with van der Waals surface area (Å²) >= 11 is 39.1. The van der Waals surface area contributed by atoms with Crippen LogP contribution in [0.4, 0.5) is 52.7 Å². The maximum atomic E-state index is 13.2. The minimum Gasteiger partial charge on any atom is -0.748 e. The number of rotatable bonds is 24. The Morgan fingerprint density at radius 1 is 0.361 bits per heavy atom. The van der Waals surface area contributed by atoms with Crippen molar-refractivity contribution in [2.75, 3.05) is 23.0 Å². The maximum Gasteiger partial charge on any atom is 0.426 e. The fraction of sp³-hybridized carbons (Fsp3) is 0.534. The van der Waals surface area contributed by atoms with Crippen molar-refractivity contribution >= 4 is 291 Å². The van der Waals surface area contributed by atoms with E-state index < -0.39 is 274 Å². The van der Waals surface area contributed by atoms with E-state index in [9.17, 15) is 153 Å². The standard InChI is InChI=1S/2C19H14Br3F3O9S.C18H16Br3F3O7S.C17H16Br3F3O7S/c20-5-1-8(21)13(9(22)2-5)18(28)34-15-6-3-7-12(15)17(27)33-14(7)11(6)16(26)32-10(19(23,24)25)4-35(29,30)31;20-5-1-8(21)13(9(22)2-5)18(28)34-15-6-3-7-12(17(27)33-14(7)15)11(6)16(26)32-10(19(23,24)25)4-35(29,30)31;19-8-4-11(20)15(12(21)5-8)17(26)30-13-3-7-1-9(13)10(2-7)16(25)31-14(18(22,23)24)6-32(27,28)29;18-9-5-11(19)14(12(20)6-9)16(25)29-10-3-1-2-8(4-10)15(24)30-13(17(21,22)23)7-31(26,27)28/h2*1-2,6-7,10-12,14-15H,3-4H2,(H,29,30,31);4-5,7,9-10,13-14H,1-3,6H2,(H,27,28,29);5-6,8,10,13H,1-4,7H2,(H,26,27,28)/p-4. The van der Waals surface area contributed by atoms with Gasteiger partial charge in [0.05, 0.1) is 109 Å². The van der Waals surface area contributed by atoms with Crippen LogP contribution in [0.2, 0.25) is 0 Å². The van der Waals surface area contributed by atoms with E-state index in [0.29, 0.717) is 79.4 Å². The van der Waals surface area contributed by atoms with Gasteiger partial charge in [0, 0.05) is 83.3 Å². The summed E-state index contributed by atoms with van der Waals surface area (Å²) in [5, 5.41) is 0. The van der Waals surface area contributed by atoms with Crippen molar-refractivity contribution in [3.8, 4) is 0 Å². The minimum atomic E-state index is -5.40. The molecule has 2 saturated heterocycles. The molecule has 13 rings (SSSR count). The predicted octanol–water partition coefficient (Wildman–Crippen LogP) is 15.9. The van der Waals surface area contributed by atoms with Crippen LogP contribution in [0.1, 0.15) is 99.2 Å². The lowest BCUT2D eigenvalue weighted by molar-refractivity contribution is -0.220. The van der Waals surface area contributed by atoms with E-state index in [2.05, 4.69) is 210 Å². The molecular formula is C73H56Br12F12O32S4-4. The number of alkyl halides is 12. The number of carbonyl (C=O) groups excluding carboxylic acids is 10. The third-order valence-electron chi connectivity index (χ3n) is 22.4. The predicted molar refractivity (Wildman–Crippen MR) is 460 cm³/mol. The Morgan fingerprint density at radius 2 is 0.677 bits per heavy atom. The number of halogens is 24. The van der Waals surface area contributed by atoms with Crippen molar-refractivity contribution in [3.63, 3.8) is 0 Å². The summed E-state index contributed by atoms with van der Waals surface area (Å²) in [4.78, 5) is 126. The fourth-order valence-electron chi connectivity index (χ4n) is 17.2. The van der Waals surface area contributed by atoms with Crippen molar-refractivity contribution in [1.29, 1.82) is 0 Å². The van der Waals surface area contributed by atoms with Gasteiger partial charge in [-0.25, -0.2) is 52.8 Å². The topological polar surface area (TPSA) is 492 Å². The Kier molecular flexibility index (Phi) is 36.0. The van der Waals surface area contributed by atoms with E-state index in [1.54, 1.807) is 48.5 Å². The summed E-state index contributed by atoms with van der Waals surface area (Å²) in [6.45, 7) is 0. The van der Waals surface area contributed by atoms with Crippen molar-refractivity contribution < 1.29 is 200 Å². The summed E-state index contributed by atoms with van der Waals surface area (Å²) in [6, 6.07) is 12.8. The van der Waals surface area contributed by atoms with Crippen LogP contribution in [-0.4, -0.2) is 220 Å². The smallest absolute Gasteiger partial charge is 0.426 e. The molecule has 32 nitrogen and oxygen atoms in total. The van der Waals surface area contributed by atoms with Gasteiger partial charge in [0.1, 0.15) is 48.5 Å². The molecule has 0 aromatic heterocycles. The first-order valence-electron chi connectivity index (χ1n) is 37.7. The number of ether oxygens (including phenoxy) is 10. The summed E-state index contributed by atoms with van der Waals surface area (Å²) in [5.74, 6) is -28.7. The molecule has 60 heteroatoms. The molecule has 22 unspecified atom stereocenters. The molecular weight excluding hydrogens is 2700 g/mol. The molecule has 7 aliphatic carbocycles. The van der Waals surface area contributed by atoms with Crippen LogP contribution in [0.5, 0.6) is 0 Å². The molecule has 133 heavy (non-hydrogen) atoms. The lowest BCUT2D eigenvalue weighted by atomic mass is 9.78. The molecule has 4 aromatic rings. The number of esters is 10. The SMILES string of the molecule is O=C(OC1C2CC3C(OC(=O)C31)C2C(=O)OC(CS(=O)(=O)[O-])C(F)(F)F)c1c(Br)cc(Br)cc1Br.O=C(OC1C2CC3C1OC(=O)C3C2C(=O)OC(CS(=O)(=O)[O-])C(F)(F)F)c1c(Br)cc(Br)cc1Br.O=C(OC1CC2CC(C(=O)OC(CS(=O)(=O)[O-])C(F)(F)F)C1C2)c1c(Br)cc(Br)cc1Br.O=C(OC1CCCC(C(=O)OC(CS(=O)(=O)[O-])C(F)(F)F)C1)c1c(Br)cc(Br)cc1Br. The molecule has 7 saturated carbocycles. The van der Waals surface area contributed by atoms with Crippen LogP contribution >= 0.6 is 191 Å². The third-order valence-corrected chi connectivity index (χ3v) is 32.1. The molecule has 4 aromatic carbocycles. The molecule has 736 valence electrons. The molecule has 0 amide bonds. The Hall–Kier alpha value is -3.86. The second-order valence-corrected chi connectivity index (χ2v) is 47.5. The first-order chi connectivity index (χ1) is 61.0. The zero-order valence-electron chi connectivity index (χ0n) is 65.3. The fourth-order valence-corrected chi connectivity index (χ4v) is 30.1. The number of hydrogen-bond donors (Lipinski definition) is 0. The molecule has 6 bridgehead atoms. The van der Waals surface area contributed by atoms with Gasteiger partial charge in [0.25, 0.3) is 0 Å². The summed E-state index contributed by atoms with van der Waals surface area (Å²) in [6.07, 6.45) is -37.2. The minimum absolute atomic E-state index is 0.0558. The molecule has 22 atom stereocenters. The number of carbonyl (C=O) groups is 10. The van der Waals surface area contributed by atoms with Crippen molar-refractivity contribution in [2.45, 2.75) is 144 Å². The number of fused-ring (bicyclic) bond motifs is 4. The second-order valence-electron chi connectivity index (χ2n) is 31.2. The van der Waals surface area contributed by atoms with E-state index in [-0.39, 0.29) is 60.3 Å². The van der Waals surface area contributed by atoms with E-state index in [4.69, 9.17) is 28.4 Å². The van der Waals surface area contributed by atoms with Gasteiger partial charge in [0.15, 0.2) is 0 Å². The van der Waals surface area contributed by atoms with Gasteiger partial charge in [-0.15, -0.1) is 0 Å². The largest absolute Gasteiger partial charge is 0.748 e. The highest BCUT2D eigenvalue weighted by Gasteiger charge is 2.72. The van der Waals surface area contributed by atoms with Gasteiger partial charge in [-0.1, -0.05) is 63.7 Å². The summed E-state index contributed by atoms with van der Waals surface area (Å²) < 4.78 is 343. The van der Waals surface area contributed by atoms with Crippen LogP contribution in [0, 0.1) is 71.0 Å². The van der Waals surface area contributed by atoms with Gasteiger partial charge in [0.2, 0.25) is 24.4 Å². The zero-order valence-corrected chi connectivity index (χ0v) is 87.6. The van der Waals surface area contributed by atoms with E-state index in [1.165, 1.54) is 0 Å². The highest BCUT2D eigenvalue weighted by atomic mass is 79.9. The third kappa shape index (κ3) is 27.9.